The van der Waals surface area contributed by atoms with Gasteiger partial charge in [0.05, 0.1) is 11.6 Å². The van der Waals surface area contributed by atoms with Crippen LogP contribution in [0.5, 0.6) is 5.75 Å². The van der Waals surface area contributed by atoms with Gasteiger partial charge in [-0.05, 0) is 46.5 Å². The molecule has 0 amide bonds. The Morgan fingerprint density at radius 2 is 2.21 bits per heavy atom. The lowest BCUT2D eigenvalue weighted by Crippen LogP contribution is -1.94. The lowest BCUT2D eigenvalue weighted by Gasteiger charge is -2.07. The second-order valence-corrected chi connectivity index (χ2v) is 3.78. The van der Waals surface area contributed by atoms with Crippen molar-refractivity contribution in [2.45, 2.75) is 12.8 Å². The van der Waals surface area contributed by atoms with E-state index >= 15 is 0 Å². The number of halogens is 2. The summed E-state index contributed by atoms with van der Waals surface area (Å²) in [5.41, 5.74) is 0.948. The summed E-state index contributed by atoms with van der Waals surface area (Å²) in [4.78, 5) is 0. The molecule has 1 N–H and O–H groups in total. The summed E-state index contributed by atoms with van der Waals surface area (Å²) in [5, 5.41) is 8.66. The van der Waals surface area contributed by atoms with Crippen molar-refractivity contribution in [3.63, 3.8) is 0 Å². The van der Waals surface area contributed by atoms with E-state index in [0.717, 1.165) is 5.56 Å². The molecule has 0 radical (unpaired) electrons. The molecule has 0 aliphatic carbocycles. The fourth-order valence-electron chi connectivity index (χ4n) is 1.19. The van der Waals surface area contributed by atoms with Gasteiger partial charge in [0.1, 0.15) is 0 Å². The number of benzene rings is 1. The normalized spacial score (nSPS) is 10.3. The number of hydrogen-bond acceptors (Lipinski definition) is 2. The molecule has 1 aromatic rings. The third-order valence-electron chi connectivity index (χ3n) is 1.90. The van der Waals surface area contributed by atoms with Crippen molar-refractivity contribution < 1.29 is 14.2 Å². The standard InChI is InChI=1S/C10H12BrFO2/c1-14-9-6-7(3-2-4-13)5-8(11)10(9)12/h5-6,13H,2-4H2,1H3. The highest BCUT2D eigenvalue weighted by atomic mass is 79.9. The first-order chi connectivity index (χ1) is 6.69. The van der Waals surface area contributed by atoms with Gasteiger partial charge >= 0.3 is 0 Å². The van der Waals surface area contributed by atoms with Gasteiger partial charge < -0.3 is 9.84 Å². The molecule has 0 aliphatic heterocycles. The van der Waals surface area contributed by atoms with Crippen LogP contribution < -0.4 is 4.74 Å². The largest absolute Gasteiger partial charge is 0.494 e. The zero-order valence-electron chi connectivity index (χ0n) is 7.89. The van der Waals surface area contributed by atoms with Gasteiger partial charge in [0, 0.05) is 6.61 Å². The Hall–Kier alpha value is -0.610. The molecule has 0 aromatic heterocycles. The molecular weight excluding hydrogens is 251 g/mol. The fraction of sp³-hybridized carbons (Fsp3) is 0.400. The van der Waals surface area contributed by atoms with Crippen LogP contribution in [0.25, 0.3) is 0 Å². The molecule has 4 heteroatoms. The Morgan fingerprint density at radius 1 is 1.50 bits per heavy atom. The molecule has 0 saturated carbocycles. The monoisotopic (exact) mass is 262 g/mol. The maximum Gasteiger partial charge on any atom is 0.179 e. The Labute approximate surface area is 90.8 Å². The van der Waals surface area contributed by atoms with Gasteiger partial charge in [-0.25, -0.2) is 4.39 Å². The minimum Gasteiger partial charge on any atom is -0.494 e. The second-order valence-electron chi connectivity index (χ2n) is 2.92. The first-order valence-electron chi connectivity index (χ1n) is 4.31. The summed E-state index contributed by atoms with van der Waals surface area (Å²) in [6, 6.07) is 3.35. The Kier molecular flexibility index (Phi) is 4.35. The van der Waals surface area contributed by atoms with Crippen LogP contribution in [-0.4, -0.2) is 18.8 Å². The predicted molar refractivity (Wildman–Crippen MR) is 56.1 cm³/mol. The summed E-state index contributed by atoms with van der Waals surface area (Å²) < 4.78 is 18.6. The van der Waals surface area contributed by atoms with E-state index in [9.17, 15) is 4.39 Å². The van der Waals surface area contributed by atoms with Crippen molar-refractivity contribution in [1.82, 2.24) is 0 Å². The van der Waals surface area contributed by atoms with Crippen molar-refractivity contribution in [2.24, 2.45) is 0 Å². The van der Waals surface area contributed by atoms with E-state index in [2.05, 4.69) is 15.9 Å². The second kappa shape index (κ2) is 5.32. The van der Waals surface area contributed by atoms with Gasteiger partial charge in [-0.3, -0.25) is 0 Å². The summed E-state index contributed by atoms with van der Waals surface area (Å²) >= 11 is 3.11. The minimum absolute atomic E-state index is 0.136. The lowest BCUT2D eigenvalue weighted by molar-refractivity contribution is 0.288. The van der Waals surface area contributed by atoms with Crippen molar-refractivity contribution in [1.29, 1.82) is 0 Å². The smallest absolute Gasteiger partial charge is 0.179 e. The molecule has 0 spiro atoms. The topological polar surface area (TPSA) is 29.5 Å². The molecule has 0 fully saturated rings. The number of rotatable bonds is 4. The molecule has 0 unspecified atom stereocenters. The van der Waals surface area contributed by atoms with E-state index < -0.39 is 0 Å². The van der Waals surface area contributed by atoms with Gasteiger partial charge in [0.2, 0.25) is 0 Å². The summed E-state index contributed by atoms with van der Waals surface area (Å²) in [5.74, 6) is -0.160. The molecule has 2 nitrogen and oxygen atoms in total. The first kappa shape index (κ1) is 11.5. The summed E-state index contributed by atoms with van der Waals surface area (Å²) in [6.45, 7) is 0.136. The number of methoxy groups -OCH3 is 1. The van der Waals surface area contributed by atoms with Crippen LogP contribution >= 0.6 is 15.9 Å². The van der Waals surface area contributed by atoms with E-state index in [1.54, 1.807) is 12.1 Å². The molecular formula is C10H12BrFO2. The third kappa shape index (κ3) is 2.69. The molecule has 0 aliphatic rings. The van der Waals surface area contributed by atoms with Gasteiger partial charge in [0.15, 0.2) is 11.6 Å². The Morgan fingerprint density at radius 3 is 2.79 bits per heavy atom. The van der Waals surface area contributed by atoms with Crippen molar-refractivity contribution in [2.75, 3.05) is 13.7 Å². The molecule has 0 atom stereocenters. The van der Waals surface area contributed by atoms with Crippen LogP contribution in [0.2, 0.25) is 0 Å². The highest BCUT2D eigenvalue weighted by Gasteiger charge is 2.08. The number of hydrogen-bond donors (Lipinski definition) is 1. The highest BCUT2D eigenvalue weighted by Crippen LogP contribution is 2.27. The van der Waals surface area contributed by atoms with Gasteiger partial charge in [-0.15, -0.1) is 0 Å². The number of aliphatic hydroxyl groups excluding tert-OH is 1. The average molecular weight is 263 g/mol. The predicted octanol–water partition coefficient (Wildman–Crippen LogP) is 2.52. The minimum atomic E-state index is -0.389. The number of aliphatic hydroxyl groups is 1. The maximum absolute atomic E-state index is 13.3. The average Bonchev–Trinajstić information content (AvgIpc) is 2.19. The van der Waals surface area contributed by atoms with Crippen molar-refractivity contribution in [3.05, 3.63) is 28.0 Å². The summed E-state index contributed by atoms with van der Waals surface area (Å²) in [6.07, 6.45) is 1.38. The van der Waals surface area contributed by atoms with Crippen LogP contribution in [0.4, 0.5) is 4.39 Å². The molecule has 0 heterocycles. The van der Waals surface area contributed by atoms with E-state index in [-0.39, 0.29) is 18.2 Å². The van der Waals surface area contributed by atoms with E-state index in [1.807, 2.05) is 0 Å². The molecule has 78 valence electrons. The zero-order chi connectivity index (χ0) is 10.6. The van der Waals surface area contributed by atoms with E-state index in [0.29, 0.717) is 17.3 Å². The molecule has 14 heavy (non-hydrogen) atoms. The van der Waals surface area contributed by atoms with Crippen molar-refractivity contribution in [3.8, 4) is 5.75 Å². The van der Waals surface area contributed by atoms with Gasteiger partial charge in [-0.2, -0.15) is 0 Å². The SMILES string of the molecule is COc1cc(CCCO)cc(Br)c1F. The lowest BCUT2D eigenvalue weighted by atomic mass is 10.1. The van der Waals surface area contributed by atoms with Crippen LogP contribution in [0.1, 0.15) is 12.0 Å². The number of aryl methyl sites for hydroxylation is 1. The quantitative estimate of drug-likeness (QED) is 0.904. The van der Waals surface area contributed by atoms with E-state index in [1.165, 1.54) is 7.11 Å². The Balaban J connectivity index is 2.91. The van der Waals surface area contributed by atoms with Crippen LogP contribution in [0, 0.1) is 5.82 Å². The molecule has 0 saturated heterocycles. The fourth-order valence-corrected chi connectivity index (χ4v) is 1.68. The molecule has 1 rings (SSSR count). The first-order valence-corrected chi connectivity index (χ1v) is 5.11. The van der Waals surface area contributed by atoms with Crippen LogP contribution in [0.3, 0.4) is 0 Å². The zero-order valence-corrected chi connectivity index (χ0v) is 9.47. The van der Waals surface area contributed by atoms with E-state index in [4.69, 9.17) is 9.84 Å². The third-order valence-corrected chi connectivity index (χ3v) is 2.48. The summed E-state index contributed by atoms with van der Waals surface area (Å²) in [7, 11) is 1.43. The Bertz CT molecular complexity index is 315. The maximum atomic E-state index is 13.3. The molecule has 0 bridgehead atoms. The van der Waals surface area contributed by atoms with Gasteiger partial charge in [0.25, 0.3) is 0 Å². The van der Waals surface area contributed by atoms with Gasteiger partial charge in [-0.1, -0.05) is 0 Å². The molecule has 1 aromatic carbocycles. The number of ether oxygens (including phenoxy) is 1. The highest BCUT2D eigenvalue weighted by molar-refractivity contribution is 9.10. The van der Waals surface area contributed by atoms with Crippen LogP contribution in [0.15, 0.2) is 16.6 Å². The van der Waals surface area contributed by atoms with Crippen molar-refractivity contribution >= 4 is 15.9 Å². The van der Waals surface area contributed by atoms with Crippen LogP contribution in [-0.2, 0) is 6.42 Å².